The van der Waals surface area contributed by atoms with Gasteiger partial charge in [-0.3, -0.25) is 0 Å². The normalized spacial score (nSPS) is 10.5. The molecule has 2 aromatic heterocycles. The van der Waals surface area contributed by atoms with E-state index < -0.39 is 0 Å². The van der Waals surface area contributed by atoms with Crippen LogP contribution in [0.2, 0.25) is 0 Å². The smallest absolute Gasteiger partial charge is 0.178 e. The minimum absolute atomic E-state index is 0.339. The Balaban J connectivity index is 2.04. The molecule has 0 saturated heterocycles. The predicted molar refractivity (Wildman–Crippen MR) is 78.5 cm³/mol. The highest BCUT2D eigenvalue weighted by Gasteiger charge is 2.17. The molecule has 3 aromatic rings. The quantitative estimate of drug-likeness (QED) is 0.791. The Labute approximate surface area is 121 Å². The molecule has 0 aliphatic rings. The number of anilines is 1. The van der Waals surface area contributed by atoms with E-state index in [9.17, 15) is 0 Å². The Morgan fingerprint density at radius 1 is 1.10 bits per heavy atom. The average Bonchev–Trinajstić information content (AvgIpc) is 2.91. The first-order chi connectivity index (χ1) is 10.3. The fourth-order valence-corrected chi connectivity index (χ4v) is 2.09. The van der Waals surface area contributed by atoms with Gasteiger partial charge >= 0.3 is 0 Å². The number of ether oxygens (including phenoxy) is 1. The van der Waals surface area contributed by atoms with E-state index >= 15 is 0 Å². The number of nitrogens with two attached hydrogens (primary N) is 1. The largest absolute Gasteiger partial charge is 0.494 e. The highest BCUT2D eigenvalue weighted by molar-refractivity contribution is 5.86. The Bertz CT molecular complexity index is 723. The van der Waals surface area contributed by atoms with Crippen LogP contribution in [0.5, 0.6) is 5.75 Å². The molecular weight excluding hydrogens is 268 g/mol. The minimum Gasteiger partial charge on any atom is -0.494 e. The monoisotopic (exact) mass is 282 g/mol. The molecule has 3 rings (SSSR count). The van der Waals surface area contributed by atoms with E-state index in [2.05, 4.69) is 15.4 Å². The summed E-state index contributed by atoms with van der Waals surface area (Å²) in [6, 6.07) is 9.42. The first-order valence-electron chi connectivity index (χ1n) is 6.55. The van der Waals surface area contributed by atoms with E-state index in [0.717, 1.165) is 22.4 Å². The average molecular weight is 282 g/mol. The Kier molecular flexibility index (Phi) is 3.51. The van der Waals surface area contributed by atoms with Crippen LogP contribution in [0.25, 0.3) is 22.5 Å². The molecule has 0 atom stereocenters. The second-order valence-electron chi connectivity index (χ2n) is 4.36. The zero-order valence-electron chi connectivity index (χ0n) is 11.5. The van der Waals surface area contributed by atoms with Crippen LogP contribution in [0.4, 0.5) is 5.82 Å². The molecule has 6 heteroatoms. The van der Waals surface area contributed by atoms with Gasteiger partial charge in [-0.05, 0) is 30.7 Å². The zero-order chi connectivity index (χ0) is 14.7. The number of aromatic nitrogens is 3. The highest BCUT2D eigenvalue weighted by atomic mass is 16.5. The van der Waals surface area contributed by atoms with Crippen LogP contribution in [-0.2, 0) is 0 Å². The van der Waals surface area contributed by atoms with Crippen LogP contribution in [0.15, 0.2) is 47.2 Å². The molecule has 0 bridgehead atoms. The number of nitrogen functional groups attached to an aromatic ring is 1. The maximum atomic E-state index is 5.94. The standard InChI is InChI=1S/C15H14N4O2/c1-2-20-12-5-3-10(4-6-12)13-14(21-19-15(13)16)11-7-8-17-18-9-11/h3-9H,2H2,1H3,(H2,16,19). The van der Waals surface area contributed by atoms with E-state index in [-0.39, 0.29) is 0 Å². The summed E-state index contributed by atoms with van der Waals surface area (Å²) in [6.07, 6.45) is 3.20. The first-order valence-corrected chi connectivity index (χ1v) is 6.55. The van der Waals surface area contributed by atoms with Crippen molar-refractivity contribution in [2.24, 2.45) is 0 Å². The Morgan fingerprint density at radius 2 is 1.90 bits per heavy atom. The number of nitrogens with zero attached hydrogens (tertiary/aromatic N) is 3. The van der Waals surface area contributed by atoms with Gasteiger partial charge < -0.3 is 15.0 Å². The Hall–Kier alpha value is -2.89. The predicted octanol–water partition coefficient (Wildman–Crippen LogP) is 2.78. The third-order valence-corrected chi connectivity index (χ3v) is 3.02. The van der Waals surface area contributed by atoms with Crippen molar-refractivity contribution >= 4 is 5.82 Å². The van der Waals surface area contributed by atoms with Crippen molar-refractivity contribution in [1.29, 1.82) is 0 Å². The number of hydrogen-bond acceptors (Lipinski definition) is 6. The van der Waals surface area contributed by atoms with Gasteiger partial charge in [0.1, 0.15) is 5.75 Å². The molecule has 106 valence electrons. The fraction of sp³-hybridized carbons (Fsp3) is 0.133. The summed E-state index contributed by atoms with van der Waals surface area (Å²) in [5.74, 6) is 1.72. The maximum Gasteiger partial charge on any atom is 0.178 e. The van der Waals surface area contributed by atoms with Crippen LogP contribution in [0.3, 0.4) is 0 Å². The van der Waals surface area contributed by atoms with Gasteiger partial charge in [0.05, 0.1) is 24.6 Å². The van der Waals surface area contributed by atoms with Gasteiger partial charge in [-0.25, -0.2) is 0 Å². The van der Waals surface area contributed by atoms with Crippen molar-refractivity contribution in [2.45, 2.75) is 6.92 Å². The molecule has 2 heterocycles. The molecule has 0 saturated carbocycles. The minimum atomic E-state index is 0.339. The van der Waals surface area contributed by atoms with E-state index in [0.29, 0.717) is 18.2 Å². The molecule has 1 aromatic carbocycles. The number of hydrogen-bond donors (Lipinski definition) is 1. The van der Waals surface area contributed by atoms with E-state index in [4.69, 9.17) is 15.0 Å². The lowest BCUT2D eigenvalue weighted by molar-refractivity contribution is 0.340. The van der Waals surface area contributed by atoms with Gasteiger partial charge in [0.25, 0.3) is 0 Å². The van der Waals surface area contributed by atoms with Crippen molar-refractivity contribution in [3.05, 3.63) is 42.7 Å². The van der Waals surface area contributed by atoms with E-state index in [1.54, 1.807) is 18.5 Å². The van der Waals surface area contributed by atoms with Crippen molar-refractivity contribution in [1.82, 2.24) is 15.4 Å². The summed E-state index contributed by atoms with van der Waals surface area (Å²) in [5.41, 5.74) is 8.36. The van der Waals surface area contributed by atoms with Crippen molar-refractivity contribution < 1.29 is 9.26 Å². The van der Waals surface area contributed by atoms with Crippen LogP contribution in [0, 0.1) is 0 Å². The lowest BCUT2D eigenvalue weighted by atomic mass is 10.0. The molecule has 0 spiro atoms. The molecule has 6 nitrogen and oxygen atoms in total. The summed E-state index contributed by atoms with van der Waals surface area (Å²) in [6.45, 7) is 2.57. The van der Waals surface area contributed by atoms with Gasteiger partial charge in [-0.1, -0.05) is 17.3 Å². The molecule has 0 fully saturated rings. The molecule has 0 amide bonds. The SMILES string of the molecule is CCOc1ccc(-c2c(N)noc2-c2ccnnc2)cc1. The molecule has 2 N–H and O–H groups in total. The summed E-state index contributed by atoms with van der Waals surface area (Å²) in [4.78, 5) is 0. The third kappa shape index (κ3) is 2.55. The molecule has 0 radical (unpaired) electrons. The van der Waals surface area contributed by atoms with Gasteiger partial charge in [0.15, 0.2) is 11.6 Å². The number of benzene rings is 1. The third-order valence-electron chi connectivity index (χ3n) is 3.02. The van der Waals surface area contributed by atoms with E-state index in [1.807, 2.05) is 31.2 Å². The summed E-state index contributed by atoms with van der Waals surface area (Å²) >= 11 is 0. The zero-order valence-corrected chi connectivity index (χ0v) is 11.5. The van der Waals surface area contributed by atoms with Crippen LogP contribution < -0.4 is 10.5 Å². The highest BCUT2D eigenvalue weighted by Crippen LogP contribution is 2.36. The summed E-state index contributed by atoms with van der Waals surface area (Å²) in [5, 5.41) is 11.4. The molecule has 0 aliphatic carbocycles. The second kappa shape index (κ2) is 5.62. The fourth-order valence-electron chi connectivity index (χ4n) is 2.09. The van der Waals surface area contributed by atoms with Crippen molar-refractivity contribution in [3.63, 3.8) is 0 Å². The van der Waals surface area contributed by atoms with Crippen LogP contribution >= 0.6 is 0 Å². The van der Waals surface area contributed by atoms with Crippen molar-refractivity contribution in [2.75, 3.05) is 12.3 Å². The maximum absolute atomic E-state index is 5.94. The van der Waals surface area contributed by atoms with Crippen LogP contribution in [-0.4, -0.2) is 22.0 Å². The van der Waals surface area contributed by atoms with Gasteiger partial charge in [0.2, 0.25) is 0 Å². The van der Waals surface area contributed by atoms with Gasteiger partial charge in [-0.2, -0.15) is 10.2 Å². The molecular formula is C15H14N4O2. The molecule has 0 unspecified atom stereocenters. The Morgan fingerprint density at radius 3 is 2.57 bits per heavy atom. The summed E-state index contributed by atoms with van der Waals surface area (Å²) in [7, 11) is 0. The topological polar surface area (TPSA) is 87.1 Å². The second-order valence-corrected chi connectivity index (χ2v) is 4.36. The lowest BCUT2D eigenvalue weighted by Gasteiger charge is -2.05. The van der Waals surface area contributed by atoms with Crippen molar-refractivity contribution in [3.8, 4) is 28.2 Å². The van der Waals surface area contributed by atoms with E-state index in [1.165, 1.54) is 0 Å². The first kappa shape index (κ1) is 13.1. The lowest BCUT2D eigenvalue weighted by Crippen LogP contribution is -1.92. The van der Waals surface area contributed by atoms with Gasteiger partial charge in [0, 0.05) is 5.56 Å². The van der Waals surface area contributed by atoms with Gasteiger partial charge in [-0.15, -0.1) is 0 Å². The summed E-state index contributed by atoms with van der Waals surface area (Å²) < 4.78 is 10.8. The molecule has 0 aliphatic heterocycles. The van der Waals surface area contributed by atoms with Crippen LogP contribution in [0.1, 0.15) is 6.92 Å². The number of rotatable bonds is 4. The molecule has 21 heavy (non-hydrogen) atoms.